The Hall–Kier alpha value is -2.54. The van der Waals surface area contributed by atoms with Gasteiger partial charge in [0.05, 0.1) is 22.3 Å². The molecule has 0 unspecified atom stereocenters. The Kier molecular flexibility index (Phi) is 4.55. The van der Waals surface area contributed by atoms with Crippen molar-refractivity contribution in [2.75, 3.05) is 11.4 Å². The number of aromatic nitrogens is 4. The summed E-state index contributed by atoms with van der Waals surface area (Å²) in [6.45, 7) is 8.08. The minimum absolute atomic E-state index is 0.0763. The van der Waals surface area contributed by atoms with E-state index in [0.29, 0.717) is 12.1 Å². The third-order valence-corrected chi connectivity index (χ3v) is 6.13. The van der Waals surface area contributed by atoms with E-state index >= 15 is 0 Å². The first-order valence-electron chi connectivity index (χ1n) is 9.22. The summed E-state index contributed by atoms with van der Waals surface area (Å²) in [6, 6.07) is 1.85. The first kappa shape index (κ1) is 17.9. The minimum Gasteiger partial charge on any atom is -0.280 e. The van der Waals surface area contributed by atoms with Crippen LogP contribution in [0.15, 0.2) is 18.7 Å². The van der Waals surface area contributed by atoms with E-state index in [0.717, 1.165) is 46.1 Å². The Morgan fingerprint density at radius 3 is 2.85 bits per heavy atom. The van der Waals surface area contributed by atoms with Crippen LogP contribution in [-0.2, 0) is 19.9 Å². The fourth-order valence-electron chi connectivity index (χ4n) is 3.71. The van der Waals surface area contributed by atoms with Gasteiger partial charge in [0.15, 0.2) is 10.8 Å². The van der Waals surface area contributed by atoms with Gasteiger partial charge in [0.1, 0.15) is 0 Å². The van der Waals surface area contributed by atoms with E-state index in [2.05, 4.69) is 16.7 Å². The molecule has 3 heterocycles. The fourth-order valence-corrected chi connectivity index (χ4v) is 4.87. The van der Waals surface area contributed by atoms with Gasteiger partial charge in [-0.1, -0.05) is 6.08 Å². The molecule has 3 aromatic heterocycles. The normalized spacial score (nSPS) is 13.6. The number of aryl methyl sites for hydroxylation is 5. The lowest BCUT2D eigenvalue weighted by molar-refractivity contribution is 0.0991. The molecule has 1 aliphatic carbocycles. The van der Waals surface area contributed by atoms with Crippen LogP contribution in [0.5, 0.6) is 0 Å². The molecule has 0 N–H and O–H groups in total. The molecule has 7 heteroatoms. The number of hydrogen-bond acceptors (Lipinski definition) is 5. The predicted octanol–water partition coefficient (Wildman–Crippen LogP) is 3.75. The number of amides is 1. The van der Waals surface area contributed by atoms with Crippen LogP contribution in [0, 0.1) is 13.8 Å². The van der Waals surface area contributed by atoms with Gasteiger partial charge in [-0.05, 0) is 45.6 Å². The second kappa shape index (κ2) is 6.88. The highest BCUT2D eigenvalue weighted by Gasteiger charge is 2.26. The highest BCUT2D eigenvalue weighted by atomic mass is 32.1. The lowest BCUT2D eigenvalue weighted by Crippen LogP contribution is -2.31. The Morgan fingerprint density at radius 1 is 1.33 bits per heavy atom. The molecule has 0 atom stereocenters. The minimum atomic E-state index is -0.0763. The zero-order valence-corrected chi connectivity index (χ0v) is 16.8. The zero-order chi connectivity index (χ0) is 19.1. The molecule has 1 amide bonds. The molecule has 0 saturated carbocycles. The average Bonchev–Trinajstić information content (AvgIpc) is 3.19. The van der Waals surface area contributed by atoms with Gasteiger partial charge in [-0.15, -0.1) is 17.9 Å². The molecular weight excluding hydrogens is 358 g/mol. The Labute approximate surface area is 162 Å². The van der Waals surface area contributed by atoms with E-state index in [1.807, 2.05) is 27.0 Å². The highest BCUT2D eigenvalue weighted by Crippen LogP contribution is 2.33. The SMILES string of the molecule is C=CCN(C(=O)c1cc(C)nc2c1c(C)nn2C)c1nc2c(s1)CCCC2. The van der Waals surface area contributed by atoms with Crippen LogP contribution in [0.3, 0.4) is 0 Å². The van der Waals surface area contributed by atoms with Gasteiger partial charge < -0.3 is 0 Å². The number of nitrogens with zero attached hydrogens (tertiary/aromatic N) is 5. The molecule has 4 rings (SSSR count). The molecular formula is C20H23N5OS. The zero-order valence-electron chi connectivity index (χ0n) is 15.9. The van der Waals surface area contributed by atoms with Crippen LogP contribution in [-0.4, -0.2) is 32.2 Å². The van der Waals surface area contributed by atoms with Gasteiger partial charge in [0, 0.05) is 24.2 Å². The van der Waals surface area contributed by atoms with Gasteiger partial charge in [-0.3, -0.25) is 14.4 Å². The van der Waals surface area contributed by atoms with Crippen molar-refractivity contribution < 1.29 is 4.79 Å². The van der Waals surface area contributed by atoms with Crippen LogP contribution in [0.25, 0.3) is 11.0 Å². The number of anilines is 1. The first-order valence-corrected chi connectivity index (χ1v) is 10.0. The van der Waals surface area contributed by atoms with Crippen molar-refractivity contribution in [3.63, 3.8) is 0 Å². The lowest BCUT2D eigenvalue weighted by Gasteiger charge is -2.19. The van der Waals surface area contributed by atoms with Crippen molar-refractivity contribution in [2.24, 2.45) is 7.05 Å². The molecule has 27 heavy (non-hydrogen) atoms. The van der Waals surface area contributed by atoms with Crippen LogP contribution in [0.4, 0.5) is 5.13 Å². The van der Waals surface area contributed by atoms with Gasteiger partial charge in [-0.25, -0.2) is 9.97 Å². The monoisotopic (exact) mass is 381 g/mol. The molecule has 6 nitrogen and oxygen atoms in total. The van der Waals surface area contributed by atoms with Crippen molar-refractivity contribution in [3.05, 3.63) is 46.2 Å². The standard InChI is InChI=1S/C20H23N5OS/c1-5-10-25(20-22-15-8-6-7-9-16(15)27-20)19(26)14-11-12(2)21-18-17(14)13(3)23-24(18)4/h5,11H,1,6-10H2,2-4H3. The molecule has 0 radical (unpaired) electrons. The number of fused-ring (bicyclic) bond motifs is 2. The summed E-state index contributed by atoms with van der Waals surface area (Å²) in [5, 5.41) is 6.02. The van der Waals surface area contributed by atoms with Crippen molar-refractivity contribution >= 4 is 33.4 Å². The average molecular weight is 382 g/mol. The Balaban J connectivity index is 1.82. The van der Waals surface area contributed by atoms with Gasteiger partial charge in [0.25, 0.3) is 5.91 Å². The third kappa shape index (κ3) is 3.06. The smallest absolute Gasteiger partial charge is 0.261 e. The molecule has 3 aromatic rings. The van der Waals surface area contributed by atoms with Gasteiger partial charge >= 0.3 is 0 Å². The Morgan fingerprint density at radius 2 is 2.11 bits per heavy atom. The molecule has 0 fully saturated rings. The fraction of sp³-hybridized carbons (Fsp3) is 0.400. The summed E-state index contributed by atoms with van der Waals surface area (Å²) in [5.74, 6) is -0.0763. The van der Waals surface area contributed by atoms with Crippen molar-refractivity contribution in [3.8, 4) is 0 Å². The molecule has 0 aromatic carbocycles. The predicted molar refractivity (Wildman–Crippen MR) is 109 cm³/mol. The second-order valence-corrected chi connectivity index (χ2v) is 8.06. The summed E-state index contributed by atoms with van der Waals surface area (Å²) < 4.78 is 1.73. The Bertz CT molecular complexity index is 1020. The van der Waals surface area contributed by atoms with Crippen molar-refractivity contribution in [1.82, 2.24) is 19.7 Å². The summed E-state index contributed by atoms with van der Waals surface area (Å²) in [5.41, 5.74) is 4.11. The maximum Gasteiger partial charge on any atom is 0.261 e. The van der Waals surface area contributed by atoms with Crippen molar-refractivity contribution in [1.29, 1.82) is 0 Å². The number of pyridine rings is 1. The molecule has 0 saturated heterocycles. The van der Waals surface area contributed by atoms with E-state index in [1.54, 1.807) is 27.0 Å². The molecule has 0 bridgehead atoms. The summed E-state index contributed by atoms with van der Waals surface area (Å²) >= 11 is 1.64. The van der Waals surface area contributed by atoms with E-state index in [-0.39, 0.29) is 5.91 Å². The quantitative estimate of drug-likeness (QED) is 0.646. The van der Waals surface area contributed by atoms with E-state index in [4.69, 9.17) is 4.98 Å². The number of carbonyl (C=O) groups excluding carboxylic acids is 1. The largest absolute Gasteiger partial charge is 0.280 e. The summed E-state index contributed by atoms with van der Waals surface area (Å²) in [7, 11) is 1.85. The maximum atomic E-state index is 13.6. The highest BCUT2D eigenvalue weighted by molar-refractivity contribution is 7.16. The maximum absolute atomic E-state index is 13.6. The van der Waals surface area contributed by atoms with Gasteiger partial charge in [0.2, 0.25) is 0 Å². The lowest BCUT2D eigenvalue weighted by atomic mass is 10.0. The van der Waals surface area contributed by atoms with Crippen LogP contribution < -0.4 is 4.90 Å². The molecule has 0 aliphatic heterocycles. The number of carbonyl (C=O) groups is 1. The molecule has 140 valence electrons. The van der Waals surface area contributed by atoms with Crippen LogP contribution >= 0.6 is 11.3 Å². The topological polar surface area (TPSA) is 63.9 Å². The second-order valence-electron chi connectivity index (χ2n) is 7.00. The summed E-state index contributed by atoms with van der Waals surface area (Å²) in [4.78, 5) is 26.0. The van der Waals surface area contributed by atoms with E-state index < -0.39 is 0 Å². The summed E-state index contributed by atoms with van der Waals surface area (Å²) in [6.07, 6.45) is 6.18. The number of rotatable bonds is 4. The van der Waals surface area contributed by atoms with Crippen LogP contribution in [0.1, 0.15) is 45.2 Å². The van der Waals surface area contributed by atoms with Gasteiger partial charge in [-0.2, -0.15) is 5.10 Å². The number of hydrogen-bond donors (Lipinski definition) is 0. The van der Waals surface area contributed by atoms with Crippen molar-refractivity contribution in [2.45, 2.75) is 39.5 Å². The van der Waals surface area contributed by atoms with Crippen LogP contribution in [0.2, 0.25) is 0 Å². The molecule has 1 aliphatic rings. The molecule has 0 spiro atoms. The van der Waals surface area contributed by atoms with E-state index in [1.165, 1.54) is 17.7 Å². The number of thiazole rings is 1. The van der Waals surface area contributed by atoms with E-state index in [9.17, 15) is 4.79 Å². The first-order chi connectivity index (χ1) is 13.0. The third-order valence-electron chi connectivity index (χ3n) is 4.95.